The number of hydrogen-bond donors (Lipinski definition) is 0. The molecule has 2 aromatic rings. The Kier molecular flexibility index (Phi) is 4.22. The number of amides is 1. The molecule has 1 amide bonds. The monoisotopic (exact) mass is 330 g/mol. The van der Waals surface area contributed by atoms with Crippen LogP contribution in [0.1, 0.15) is 45.9 Å². The molecule has 1 atom stereocenters. The molecule has 0 N–H and O–H groups in total. The smallest absolute Gasteiger partial charge is 0.259 e. The first-order valence-electron chi connectivity index (χ1n) is 7.96. The largest absolute Gasteiger partial charge is 0.493 e. The fourth-order valence-corrected chi connectivity index (χ4v) is 3.35. The highest BCUT2D eigenvalue weighted by Gasteiger charge is 2.32. The molecule has 2 heterocycles. The summed E-state index contributed by atoms with van der Waals surface area (Å²) in [5.41, 5.74) is 3.45. The zero-order valence-electron chi connectivity index (χ0n) is 14.7. The maximum absolute atomic E-state index is 13.0. The Bertz CT molecular complexity index is 762. The summed E-state index contributed by atoms with van der Waals surface area (Å²) in [5.74, 6) is 1.91. The second-order valence-corrected chi connectivity index (χ2v) is 6.03. The zero-order chi connectivity index (χ0) is 17.4. The quantitative estimate of drug-likeness (QED) is 0.865. The number of ether oxygens (including phenoxy) is 2. The molecule has 0 saturated heterocycles. The molecule has 0 unspecified atom stereocenters. The number of aryl methyl sites for hydroxylation is 2. The summed E-state index contributed by atoms with van der Waals surface area (Å²) in [6.45, 7) is 6.23. The van der Waals surface area contributed by atoms with E-state index in [1.807, 2.05) is 24.0 Å². The van der Waals surface area contributed by atoms with Crippen molar-refractivity contribution in [3.63, 3.8) is 0 Å². The van der Waals surface area contributed by atoms with Gasteiger partial charge in [0, 0.05) is 6.54 Å². The minimum atomic E-state index is -0.0604. The van der Waals surface area contributed by atoms with Gasteiger partial charge in [-0.05, 0) is 50.5 Å². The van der Waals surface area contributed by atoms with E-state index in [1.165, 1.54) is 5.56 Å². The molecule has 0 radical (unpaired) electrons. The second-order valence-electron chi connectivity index (χ2n) is 6.03. The first-order chi connectivity index (χ1) is 11.5. The van der Waals surface area contributed by atoms with E-state index in [2.05, 4.69) is 5.16 Å². The fraction of sp³-hybridized carbons (Fsp3) is 0.444. The van der Waals surface area contributed by atoms with Gasteiger partial charge in [-0.25, -0.2) is 0 Å². The molecule has 0 bridgehead atoms. The molecule has 24 heavy (non-hydrogen) atoms. The lowest BCUT2D eigenvalue weighted by molar-refractivity contribution is 0.0675. The lowest BCUT2D eigenvalue weighted by Gasteiger charge is -2.35. The summed E-state index contributed by atoms with van der Waals surface area (Å²) in [4.78, 5) is 14.8. The van der Waals surface area contributed by atoms with E-state index in [9.17, 15) is 4.79 Å². The lowest BCUT2D eigenvalue weighted by atomic mass is 9.92. The van der Waals surface area contributed by atoms with Crippen LogP contribution in [0.3, 0.4) is 0 Å². The van der Waals surface area contributed by atoms with Crippen molar-refractivity contribution in [3.05, 3.63) is 40.3 Å². The summed E-state index contributed by atoms with van der Waals surface area (Å²) < 4.78 is 15.9. The van der Waals surface area contributed by atoms with Crippen LogP contribution in [0.25, 0.3) is 0 Å². The van der Waals surface area contributed by atoms with Crippen LogP contribution < -0.4 is 9.47 Å². The van der Waals surface area contributed by atoms with Gasteiger partial charge in [-0.3, -0.25) is 4.79 Å². The third-order valence-electron chi connectivity index (χ3n) is 4.69. The van der Waals surface area contributed by atoms with E-state index in [-0.39, 0.29) is 11.9 Å². The standard InChI is InChI=1S/C18H22N2O4/c1-10-17(12(3)24-19-10)18(21)20-7-6-13-8-15(22-4)16(23-5)9-14(13)11(20)2/h8-9,11H,6-7H2,1-5H3/t11-/m1/s1. The van der Waals surface area contributed by atoms with Crippen LogP contribution in [0.2, 0.25) is 0 Å². The summed E-state index contributed by atoms with van der Waals surface area (Å²) in [7, 11) is 3.24. The van der Waals surface area contributed by atoms with Gasteiger partial charge < -0.3 is 18.9 Å². The van der Waals surface area contributed by atoms with Gasteiger partial charge in [0.05, 0.1) is 26.0 Å². The maximum Gasteiger partial charge on any atom is 0.259 e. The van der Waals surface area contributed by atoms with Crippen LogP contribution in [0.5, 0.6) is 11.5 Å². The highest BCUT2D eigenvalue weighted by Crippen LogP contribution is 2.38. The minimum Gasteiger partial charge on any atom is -0.493 e. The number of fused-ring (bicyclic) bond motifs is 1. The molecule has 0 aliphatic carbocycles. The van der Waals surface area contributed by atoms with Crippen LogP contribution in [-0.4, -0.2) is 36.7 Å². The number of nitrogens with zero attached hydrogens (tertiary/aromatic N) is 2. The highest BCUT2D eigenvalue weighted by molar-refractivity contribution is 5.96. The molecule has 1 aliphatic rings. The van der Waals surface area contributed by atoms with Crippen molar-refractivity contribution in [1.82, 2.24) is 10.1 Å². The van der Waals surface area contributed by atoms with Crippen molar-refractivity contribution >= 4 is 5.91 Å². The predicted octanol–water partition coefficient (Wildman–Crippen LogP) is 3.07. The summed E-state index contributed by atoms with van der Waals surface area (Å²) >= 11 is 0. The first-order valence-corrected chi connectivity index (χ1v) is 7.96. The van der Waals surface area contributed by atoms with Gasteiger partial charge in [-0.15, -0.1) is 0 Å². The Labute approximate surface area is 141 Å². The Morgan fingerprint density at radius 1 is 1.25 bits per heavy atom. The second kappa shape index (κ2) is 6.19. The topological polar surface area (TPSA) is 64.8 Å². The Hall–Kier alpha value is -2.50. The highest BCUT2D eigenvalue weighted by atomic mass is 16.5. The van der Waals surface area contributed by atoms with E-state index >= 15 is 0 Å². The molecule has 3 rings (SSSR count). The molecule has 6 nitrogen and oxygen atoms in total. The summed E-state index contributed by atoms with van der Waals surface area (Å²) in [6.07, 6.45) is 0.773. The number of rotatable bonds is 3. The lowest BCUT2D eigenvalue weighted by Crippen LogP contribution is -2.39. The Balaban J connectivity index is 1.97. The Morgan fingerprint density at radius 3 is 2.50 bits per heavy atom. The summed E-state index contributed by atoms with van der Waals surface area (Å²) in [5, 5.41) is 3.89. The molecule has 128 valence electrons. The van der Waals surface area contributed by atoms with Gasteiger partial charge in [0.25, 0.3) is 5.91 Å². The minimum absolute atomic E-state index is 0.0424. The number of carbonyl (C=O) groups is 1. The van der Waals surface area contributed by atoms with Crippen molar-refractivity contribution in [1.29, 1.82) is 0 Å². The van der Waals surface area contributed by atoms with E-state index in [1.54, 1.807) is 28.1 Å². The third-order valence-corrected chi connectivity index (χ3v) is 4.69. The first kappa shape index (κ1) is 16.4. The molecule has 1 aromatic carbocycles. The van der Waals surface area contributed by atoms with Gasteiger partial charge >= 0.3 is 0 Å². The van der Waals surface area contributed by atoms with Gasteiger partial charge in [-0.2, -0.15) is 0 Å². The van der Waals surface area contributed by atoms with E-state index in [0.29, 0.717) is 35.1 Å². The molecular formula is C18H22N2O4. The average molecular weight is 330 g/mol. The van der Waals surface area contributed by atoms with E-state index in [4.69, 9.17) is 14.0 Å². The van der Waals surface area contributed by atoms with Crippen LogP contribution in [0, 0.1) is 13.8 Å². The molecule has 0 fully saturated rings. The van der Waals surface area contributed by atoms with E-state index in [0.717, 1.165) is 12.0 Å². The molecule has 1 aliphatic heterocycles. The van der Waals surface area contributed by atoms with Gasteiger partial charge in [0.15, 0.2) is 11.5 Å². The normalized spacial score (nSPS) is 16.7. The Morgan fingerprint density at radius 2 is 1.92 bits per heavy atom. The van der Waals surface area contributed by atoms with Crippen LogP contribution >= 0.6 is 0 Å². The SMILES string of the molecule is COc1cc2c(cc1OC)[C@@H](C)N(C(=O)c1c(C)noc1C)CC2. The van der Waals surface area contributed by atoms with Gasteiger partial charge in [0.2, 0.25) is 0 Å². The maximum atomic E-state index is 13.0. The predicted molar refractivity (Wildman–Crippen MR) is 88.7 cm³/mol. The zero-order valence-corrected chi connectivity index (χ0v) is 14.7. The number of aromatic nitrogens is 1. The number of benzene rings is 1. The van der Waals surface area contributed by atoms with Crippen molar-refractivity contribution in [3.8, 4) is 11.5 Å². The van der Waals surface area contributed by atoms with Crippen LogP contribution in [0.4, 0.5) is 0 Å². The molecule has 1 aromatic heterocycles. The number of methoxy groups -OCH3 is 2. The van der Waals surface area contributed by atoms with Crippen molar-refractivity contribution < 1.29 is 18.8 Å². The molecule has 0 spiro atoms. The van der Waals surface area contributed by atoms with Crippen LogP contribution in [-0.2, 0) is 6.42 Å². The fourth-order valence-electron chi connectivity index (χ4n) is 3.35. The average Bonchev–Trinajstić information content (AvgIpc) is 2.92. The van der Waals surface area contributed by atoms with Gasteiger partial charge in [0.1, 0.15) is 11.3 Å². The van der Waals surface area contributed by atoms with Crippen molar-refractivity contribution in [2.45, 2.75) is 33.2 Å². The van der Waals surface area contributed by atoms with Crippen LogP contribution in [0.15, 0.2) is 16.7 Å². The third kappa shape index (κ3) is 2.52. The molecular weight excluding hydrogens is 308 g/mol. The number of hydrogen-bond acceptors (Lipinski definition) is 5. The van der Waals surface area contributed by atoms with Crippen molar-refractivity contribution in [2.24, 2.45) is 0 Å². The summed E-state index contributed by atoms with van der Waals surface area (Å²) in [6, 6.07) is 3.91. The van der Waals surface area contributed by atoms with Crippen molar-refractivity contribution in [2.75, 3.05) is 20.8 Å². The molecule has 0 saturated carbocycles. The van der Waals surface area contributed by atoms with Gasteiger partial charge in [-0.1, -0.05) is 5.16 Å². The number of carbonyl (C=O) groups excluding carboxylic acids is 1. The molecule has 6 heteroatoms. The van der Waals surface area contributed by atoms with E-state index < -0.39 is 0 Å².